The Hall–Kier alpha value is -0.370. The molecule has 0 radical (unpaired) electrons. The first kappa shape index (κ1) is 15.0. The van der Waals surface area contributed by atoms with E-state index in [0.717, 1.165) is 0 Å². The van der Waals surface area contributed by atoms with Gasteiger partial charge in [-0.25, -0.2) is 0 Å². The van der Waals surface area contributed by atoms with Crippen molar-refractivity contribution in [1.82, 2.24) is 10.2 Å². The van der Waals surface area contributed by atoms with E-state index in [1.54, 1.807) is 0 Å². The molecule has 2 rings (SSSR count). The van der Waals surface area contributed by atoms with E-state index >= 15 is 0 Å². The Labute approximate surface area is 110 Å². The molecule has 2 N–H and O–H groups in total. The fourth-order valence-corrected chi connectivity index (χ4v) is 2.62. The third-order valence-corrected chi connectivity index (χ3v) is 3.79. The lowest BCUT2D eigenvalue weighted by atomic mass is 10.0. The van der Waals surface area contributed by atoms with Crippen molar-refractivity contribution in [2.75, 3.05) is 39.4 Å². The fourth-order valence-electron chi connectivity index (χ4n) is 2.62. The zero-order valence-electron chi connectivity index (χ0n) is 10.9. The standard InChI is InChI=1S/C12H21F3N2O2/c13-12(14,15)8-17-4-1-10(2-5-17)16-7-11(18)3-6-19-9-11/h10,16,18H,1-9H2. The van der Waals surface area contributed by atoms with Gasteiger partial charge < -0.3 is 15.2 Å². The lowest BCUT2D eigenvalue weighted by Gasteiger charge is -2.34. The van der Waals surface area contributed by atoms with Gasteiger partial charge in [0, 0.05) is 25.6 Å². The first-order valence-corrected chi connectivity index (χ1v) is 6.69. The summed E-state index contributed by atoms with van der Waals surface area (Å²) >= 11 is 0. The Balaban J connectivity index is 1.66. The quantitative estimate of drug-likeness (QED) is 0.799. The molecule has 4 nitrogen and oxygen atoms in total. The Kier molecular flexibility index (Phi) is 4.70. The number of halogens is 3. The van der Waals surface area contributed by atoms with Gasteiger partial charge in [-0.1, -0.05) is 0 Å². The van der Waals surface area contributed by atoms with E-state index in [2.05, 4.69) is 5.32 Å². The van der Waals surface area contributed by atoms with E-state index in [4.69, 9.17) is 4.74 Å². The maximum Gasteiger partial charge on any atom is 0.401 e. The minimum Gasteiger partial charge on any atom is -0.386 e. The topological polar surface area (TPSA) is 44.7 Å². The van der Waals surface area contributed by atoms with E-state index in [-0.39, 0.29) is 6.04 Å². The molecule has 2 aliphatic heterocycles. The number of hydrogen-bond acceptors (Lipinski definition) is 4. The van der Waals surface area contributed by atoms with Crippen LogP contribution in [-0.4, -0.2) is 67.2 Å². The maximum atomic E-state index is 12.2. The monoisotopic (exact) mass is 282 g/mol. The van der Waals surface area contributed by atoms with Gasteiger partial charge in [-0.15, -0.1) is 0 Å². The SMILES string of the molecule is OC1(CNC2CCN(CC(F)(F)F)CC2)CCOC1. The lowest BCUT2D eigenvalue weighted by molar-refractivity contribution is -0.148. The number of ether oxygens (including phenoxy) is 1. The van der Waals surface area contributed by atoms with E-state index in [9.17, 15) is 18.3 Å². The smallest absolute Gasteiger partial charge is 0.386 e. The number of alkyl halides is 3. The summed E-state index contributed by atoms with van der Waals surface area (Å²) in [5, 5.41) is 13.3. The summed E-state index contributed by atoms with van der Waals surface area (Å²) in [5.41, 5.74) is -0.802. The van der Waals surface area contributed by atoms with Crippen LogP contribution in [-0.2, 0) is 4.74 Å². The van der Waals surface area contributed by atoms with Crippen molar-refractivity contribution < 1.29 is 23.0 Å². The highest BCUT2D eigenvalue weighted by molar-refractivity contribution is 4.87. The summed E-state index contributed by atoms with van der Waals surface area (Å²) in [4.78, 5) is 1.44. The van der Waals surface area contributed by atoms with E-state index < -0.39 is 18.3 Å². The summed E-state index contributed by atoms with van der Waals surface area (Å²) in [6.07, 6.45) is -2.12. The largest absolute Gasteiger partial charge is 0.401 e. The highest BCUT2D eigenvalue weighted by Gasteiger charge is 2.35. The number of nitrogens with one attached hydrogen (secondary N) is 1. The summed E-state index contributed by atoms with van der Waals surface area (Å²) in [6.45, 7) is 1.45. The Morgan fingerprint density at radius 3 is 2.53 bits per heavy atom. The van der Waals surface area contributed by atoms with Crippen LogP contribution in [0.1, 0.15) is 19.3 Å². The zero-order chi connectivity index (χ0) is 13.9. The highest BCUT2D eigenvalue weighted by Crippen LogP contribution is 2.21. The van der Waals surface area contributed by atoms with Crippen LogP contribution in [0.3, 0.4) is 0 Å². The van der Waals surface area contributed by atoms with Crippen LogP contribution < -0.4 is 5.32 Å². The predicted molar refractivity (Wildman–Crippen MR) is 63.9 cm³/mol. The van der Waals surface area contributed by atoms with Gasteiger partial charge in [-0.05, 0) is 25.9 Å². The summed E-state index contributed by atoms with van der Waals surface area (Å²) in [5.74, 6) is 0. The van der Waals surface area contributed by atoms with Crippen LogP contribution in [0.4, 0.5) is 13.2 Å². The summed E-state index contributed by atoms with van der Waals surface area (Å²) < 4.78 is 41.9. The second-order valence-electron chi connectivity index (χ2n) is 5.57. The van der Waals surface area contributed by atoms with Gasteiger partial charge in [0.15, 0.2) is 0 Å². The molecule has 1 unspecified atom stereocenters. The van der Waals surface area contributed by atoms with Crippen LogP contribution >= 0.6 is 0 Å². The molecule has 0 aliphatic carbocycles. The molecule has 2 aliphatic rings. The molecule has 0 spiro atoms. The Morgan fingerprint density at radius 2 is 2.00 bits per heavy atom. The Morgan fingerprint density at radius 1 is 1.32 bits per heavy atom. The molecule has 2 saturated heterocycles. The second kappa shape index (κ2) is 5.95. The van der Waals surface area contributed by atoms with Gasteiger partial charge in [0.2, 0.25) is 0 Å². The summed E-state index contributed by atoms with van der Waals surface area (Å²) in [6, 6.07) is 0.189. The number of piperidine rings is 1. The highest BCUT2D eigenvalue weighted by atomic mass is 19.4. The molecule has 2 fully saturated rings. The second-order valence-corrected chi connectivity index (χ2v) is 5.57. The lowest BCUT2D eigenvalue weighted by Crippen LogP contribution is -2.50. The van der Waals surface area contributed by atoms with Crippen molar-refractivity contribution in [3.05, 3.63) is 0 Å². The number of hydrogen-bond donors (Lipinski definition) is 2. The number of nitrogens with zero attached hydrogens (tertiary/aromatic N) is 1. The molecule has 0 amide bonds. The van der Waals surface area contributed by atoms with Gasteiger partial charge in [0.25, 0.3) is 0 Å². The van der Waals surface area contributed by atoms with Gasteiger partial charge in [0.1, 0.15) is 5.60 Å². The molecule has 19 heavy (non-hydrogen) atoms. The third-order valence-electron chi connectivity index (χ3n) is 3.79. The average Bonchev–Trinajstić information content (AvgIpc) is 2.74. The van der Waals surface area contributed by atoms with Gasteiger partial charge in [0.05, 0.1) is 13.2 Å². The Bertz CT molecular complexity index is 285. The minimum absolute atomic E-state index is 0.189. The van der Waals surface area contributed by atoms with Crippen LogP contribution in [0.5, 0.6) is 0 Å². The average molecular weight is 282 g/mol. The van der Waals surface area contributed by atoms with Crippen molar-refractivity contribution >= 4 is 0 Å². The minimum atomic E-state index is -4.11. The first-order chi connectivity index (χ1) is 8.86. The van der Waals surface area contributed by atoms with Crippen LogP contribution in [0.15, 0.2) is 0 Å². The van der Waals surface area contributed by atoms with Crippen LogP contribution in [0, 0.1) is 0 Å². The molecule has 0 aromatic rings. The van der Waals surface area contributed by atoms with Gasteiger partial charge in [-0.3, -0.25) is 4.90 Å². The molecule has 7 heteroatoms. The fraction of sp³-hybridized carbons (Fsp3) is 1.00. The number of aliphatic hydroxyl groups is 1. The van der Waals surface area contributed by atoms with Crippen molar-refractivity contribution in [2.24, 2.45) is 0 Å². The molecule has 0 bridgehead atoms. The van der Waals surface area contributed by atoms with E-state index in [1.807, 2.05) is 0 Å². The molecule has 2 heterocycles. The van der Waals surface area contributed by atoms with Crippen molar-refractivity contribution in [2.45, 2.75) is 37.1 Å². The van der Waals surface area contributed by atoms with Crippen molar-refractivity contribution in [3.8, 4) is 0 Å². The van der Waals surface area contributed by atoms with Crippen LogP contribution in [0.2, 0.25) is 0 Å². The van der Waals surface area contributed by atoms with E-state index in [0.29, 0.717) is 52.1 Å². The zero-order valence-corrected chi connectivity index (χ0v) is 10.9. The third kappa shape index (κ3) is 4.91. The van der Waals surface area contributed by atoms with Gasteiger partial charge in [-0.2, -0.15) is 13.2 Å². The van der Waals surface area contributed by atoms with Gasteiger partial charge >= 0.3 is 6.18 Å². The summed E-state index contributed by atoms with van der Waals surface area (Å²) in [7, 11) is 0. The molecule has 112 valence electrons. The maximum absolute atomic E-state index is 12.2. The first-order valence-electron chi connectivity index (χ1n) is 6.69. The number of likely N-dealkylation sites (tertiary alicyclic amines) is 1. The molecular formula is C12H21F3N2O2. The normalized spacial score (nSPS) is 30.9. The molecule has 1 atom stereocenters. The van der Waals surface area contributed by atoms with Crippen molar-refractivity contribution in [1.29, 1.82) is 0 Å². The molecule has 0 saturated carbocycles. The van der Waals surface area contributed by atoms with Crippen LogP contribution in [0.25, 0.3) is 0 Å². The van der Waals surface area contributed by atoms with E-state index in [1.165, 1.54) is 4.90 Å². The molecule has 0 aromatic carbocycles. The predicted octanol–water partition coefficient (Wildman–Crippen LogP) is 0.754. The van der Waals surface area contributed by atoms with Crippen molar-refractivity contribution in [3.63, 3.8) is 0 Å². The molecule has 0 aromatic heterocycles. The number of rotatable bonds is 4. The molecular weight excluding hydrogens is 261 g/mol.